The van der Waals surface area contributed by atoms with E-state index < -0.39 is 5.91 Å². The average Bonchev–Trinajstić information content (AvgIpc) is 3.28. The van der Waals surface area contributed by atoms with Gasteiger partial charge in [-0.1, -0.05) is 6.92 Å². The van der Waals surface area contributed by atoms with Crippen LogP contribution in [0.25, 0.3) is 0 Å². The number of hydrogen-bond donors (Lipinski definition) is 2. The molecule has 0 saturated carbocycles. The molecule has 2 amide bonds. The normalized spacial score (nSPS) is 22.9. The molecule has 1 saturated heterocycles. The fraction of sp³-hybridized carbons (Fsp3) is 0.526. The van der Waals surface area contributed by atoms with Crippen molar-refractivity contribution in [2.24, 2.45) is 11.7 Å². The molecule has 0 spiro atoms. The van der Waals surface area contributed by atoms with Crippen LogP contribution in [0.5, 0.6) is 0 Å². The smallest absolute Gasteiger partial charge is 0.269 e. The number of hydrogen-bond acceptors (Lipinski definition) is 4. The van der Waals surface area contributed by atoms with Crippen LogP contribution >= 0.6 is 11.3 Å². The Labute approximate surface area is 156 Å². The van der Waals surface area contributed by atoms with E-state index >= 15 is 0 Å². The lowest BCUT2D eigenvalue weighted by molar-refractivity contribution is 0.0704. The Kier molecular flexibility index (Phi) is 4.56. The standard InChI is InChI=1S/C19H24N4O2S/c1-11-4-5-13-14(10-26-17(13)7-11)19(25)23-6-2-3-12(9-23)15-8-16(18(20)24)22-21-15/h8,10-12H,2-7,9H2,1H3,(H2,20,24)(H,21,22)/t11-,12+/m1/s1. The quantitative estimate of drug-likeness (QED) is 0.868. The van der Waals surface area contributed by atoms with Gasteiger partial charge in [0.05, 0.1) is 5.56 Å². The van der Waals surface area contributed by atoms with Crippen molar-refractivity contribution in [1.82, 2.24) is 15.1 Å². The minimum Gasteiger partial charge on any atom is -0.364 e. The minimum atomic E-state index is -0.532. The topological polar surface area (TPSA) is 92.1 Å². The number of fused-ring (bicyclic) bond motifs is 1. The molecule has 0 aromatic carbocycles. The monoisotopic (exact) mass is 372 g/mol. The van der Waals surface area contributed by atoms with Crippen molar-refractivity contribution in [3.05, 3.63) is 38.8 Å². The predicted molar refractivity (Wildman–Crippen MR) is 100 cm³/mol. The summed E-state index contributed by atoms with van der Waals surface area (Å²) in [5, 5.41) is 8.94. The lowest BCUT2D eigenvalue weighted by Crippen LogP contribution is -2.39. The highest BCUT2D eigenvalue weighted by molar-refractivity contribution is 7.10. The lowest BCUT2D eigenvalue weighted by Gasteiger charge is -2.32. The van der Waals surface area contributed by atoms with Gasteiger partial charge in [0, 0.05) is 35.0 Å². The van der Waals surface area contributed by atoms with Crippen molar-refractivity contribution < 1.29 is 9.59 Å². The first kappa shape index (κ1) is 17.3. The van der Waals surface area contributed by atoms with Gasteiger partial charge in [-0.25, -0.2) is 0 Å². The number of carbonyl (C=O) groups is 2. The van der Waals surface area contributed by atoms with Crippen molar-refractivity contribution in [3.63, 3.8) is 0 Å². The number of likely N-dealkylation sites (tertiary alicyclic amines) is 1. The number of nitrogens with one attached hydrogen (secondary N) is 1. The molecule has 2 aromatic heterocycles. The zero-order valence-electron chi connectivity index (χ0n) is 15.0. The number of rotatable bonds is 3. The number of amides is 2. The molecule has 1 fully saturated rings. The number of H-pyrrole nitrogens is 1. The van der Waals surface area contributed by atoms with Crippen LogP contribution in [-0.2, 0) is 12.8 Å². The Bertz CT molecular complexity index is 840. The number of piperidine rings is 1. The lowest BCUT2D eigenvalue weighted by atomic mass is 9.88. The van der Waals surface area contributed by atoms with Gasteiger partial charge in [-0.15, -0.1) is 11.3 Å². The summed E-state index contributed by atoms with van der Waals surface area (Å²) in [6, 6.07) is 1.72. The molecular formula is C19H24N4O2S. The third-order valence-electron chi connectivity index (χ3n) is 5.63. The van der Waals surface area contributed by atoms with Crippen molar-refractivity contribution in [2.75, 3.05) is 13.1 Å². The molecule has 2 atom stereocenters. The summed E-state index contributed by atoms with van der Waals surface area (Å²) >= 11 is 1.74. The van der Waals surface area contributed by atoms with Gasteiger partial charge >= 0.3 is 0 Å². The van der Waals surface area contributed by atoms with E-state index in [2.05, 4.69) is 22.5 Å². The Balaban J connectivity index is 1.51. The van der Waals surface area contributed by atoms with Crippen LogP contribution in [0.3, 0.4) is 0 Å². The maximum atomic E-state index is 13.1. The van der Waals surface area contributed by atoms with E-state index in [0.717, 1.165) is 49.9 Å². The van der Waals surface area contributed by atoms with Crippen LogP contribution in [0.1, 0.15) is 69.1 Å². The predicted octanol–water partition coefficient (Wildman–Crippen LogP) is 2.71. The van der Waals surface area contributed by atoms with E-state index in [4.69, 9.17) is 5.73 Å². The van der Waals surface area contributed by atoms with Crippen LogP contribution in [-0.4, -0.2) is 40.0 Å². The Morgan fingerprint density at radius 1 is 1.38 bits per heavy atom. The molecule has 2 aliphatic rings. The molecule has 0 radical (unpaired) electrons. The van der Waals surface area contributed by atoms with Crippen LogP contribution in [0, 0.1) is 5.92 Å². The Hall–Kier alpha value is -2.15. The maximum absolute atomic E-state index is 13.1. The second-order valence-corrected chi connectivity index (χ2v) is 8.53. The SMILES string of the molecule is C[C@@H]1CCc2c(C(=O)N3CCC[C@H](c4cc(C(N)=O)n[nH]4)C3)csc2C1. The molecular weight excluding hydrogens is 348 g/mol. The molecule has 26 heavy (non-hydrogen) atoms. The first-order valence-corrected chi connectivity index (χ1v) is 10.1. The second kappa shape index (κ2) is 6.87. The molecule has 0 unspecified atom stereocenters. The van der Waals surface area contributed by atoms with Crippen molar-refractivity contribution in [2.45, 2.75) is 44.9 Å². The highest BCUT2D eigenvalue weighted by Crippen LogP contribution is 2.34. The number of thiophene rings is 1. The van der Waals surface area contributed by atoms with Gasteiger partial charge in [-0.05, 0) is 49.7 Å². The summed E-state index contributed by atoms with van der Waals surface area (Å²) < 4.78 is 0. The van der Waals surface area contributed by atoms with E-state index in [1.54, 1.807) is 17.4 Å². The fourth-order valence-electron chi connectivity index (χ4n) is 4.11. The van der Waals surface area contributed by atoms with E-state index in [-0.39, 0.29) is 17.5 Å². The number of nitrogens with two attached hydrogens (primary N) is 1. The van der Waals surface area contributed by atoms with E-state index in [9.17, 15) is 9.59 Å². The minimum absolute atomic E-state index is 0.149. The van der Waals surface area contributed by atoms with Crippen molar-refractivity contribution >= 4 is 23.2 Å². The molecule has 7 heteroatoms. The zero-order chi connectivity index (χ0) is 18.3. The summed E-state index contributed by atoms with van der Waals surface area (Å²) in [6.45, 7) is 3.72. The summed E-state index contributed by atoms with van der Waals surface area (Å²) in [7, 11) is 0. The van der Waals surface area contributed by atoms with Crippen LogP contribution in [0.2, 0.25) is 0 Å². The molecule has 0 bridgehead atoms. The fourth-order valence-corrected chi connectivity index (χ4v) is 5.35. The number of aromatic nitrogens is 2. The molecule has 4 rings (SSSR count). The second-order valence-electron chi connectivity index (χ2n) is 7.56. The Morgan fingerprint density at radius 3 is 3.00 bits per heavy atom. The van der Waals surface area contributed by atoms with Gasteiger partial charge < -0.3 is 10.6 Å². The van der Waals surface area contributed by atoms with E-state index in [0.29, 0.717) is 12.5 Å². The van der Waals surface area contributed by atoms with Gasteiger partial charge in [0.25, 0.3) is 11.8 Å². The van der Waals surface area contributed by atoms with Gasteiger partial charge in [0.2, 0.25) is 0 Å². The van der Waals surface area contributed by atoms with Crippen LogP contribution in [0.4, 0.5) is 0 Å². The number of carbonyl (C=O) groups excluding carboxylic acids is 2. The number of aromatic amines is 1. The van der Waals surface area contributed by atoms with Crippen molar-refractivity contribution in [3.8, 4) is 0 Å². The molecule has 138 valence electrons. The summed E-state index contributed by atoms with van der Waals surface area (Å²) in [4.78, 5) is 27.7. The molecule has 3 N–H and O–H groups in total. The third-order valence-corrected chi connectivity index (χ3v) is 6.68. The zero-order valence-corrected chi connectivity index (χ0v) is 15.8. The molecule has 3 heterocycles. The number of primary amides is 1. The first-order valence-electron chi connectivity index (χ1n) is 9.26. The van der Waals surface area contributed by atoms with E-state index in [1.165, 1.54) is 10.4 Å². The largest absolute Gasteiger partial charge is 0.364 e. The molecule has 1 aliphatic carbocycles. The maximum Gasteiger partial charge on any atom is 0.269 e. The summed E-state index contributed by atoms with van der Waals surface area (Å²) in [5.41, 5.74) is 8.61. The summed E-state index contributed by atoms with van der Waals surface area (Å²) in [6.07, 6.45) is 5.20. The van der Waals surface area contributed by atoms with Crippen LogP contribution in [0.15, 0.2) is 11.4 Å². The molecule has 1 aliphatic heterocycles. The highest BCUT2D eigenvalue weighted by Gasteiger charge is 2.30. The first-order chi connectivity index (χ1) is 12.5. The third kappa shape index (κ3) is 3.16. The molecule has 2 aromatic rings. The van der Waals surface area contributed by atoms with Crippen LogP contribution < -0.4 is 5.73 Å². The average molecular weight is 372 g/mol. The number of nitrogens with zero attached hydrogens (tertiary/aromatic N) is 2. The molecule has 6 nitrogen and oxygen atoms in total. The van der Waals surface area contributed by atoms with Gasteiger partial charge in [0.15, 0.2) is 0 Å². The van der Waals surface area contributed by atoms with Crippen molar-refractivity contribution in [1.29, 1.82) is 0 Å². The highest BCUT2D eigenvalue weighted by atomic mass is 32.1. The van der Waals surface area contributed by atoms with Gasteiger partial charge in [0.1, 0.15) is 5.69 Å². The van der Waals surface area contributed by atoms with Gasteiger partial charge in [-0.2, -0.15) is 5.10 Å². The van der Waals surface area contributed by atoms with Gasteiger partial charge in [-0.3, -0.25) is 14.7 Å². The Morgan fingerprint density at radius 2 is 2.23 bits per heavy atom. The van der Waals surface area contributed by atoms with E-state index in [1.807, 2.05) is 4.90 Å². The summed E-state index contributed by atoms with van der Waals surface area (Å²) in [5.74, 6) is 0.498.